The zero-order chi connectivity index (χ0) is 16.8. The van der Waals surface area contributed by atoms with Crippen LogP contribution in [0, 0.1) is 29.9 Å². The highest BCUT2D eigenvalue weighted by Crippen LogP contribution is 2.33. The quantitative estimate of drug-likeness (QED) is 0.667. The molecule has 2 heterocycles. The average Bonchev–Trinajstić information content (AvgIpc) is 2.96. The summed E-state index contributed by atoms with van der Waals surface area (Å²) in [6.45, 7) is 5.26. The molecule has 2 atom stereocenters. The maximum Gasteiger partial charge on any atom is 0.289 e. The van der Waals surface area contributed by atoms with Crippen molar-refractivity contribution in [3.05, 3.63) is 33.4 Å². The summed E-state index contributed by atoms with van der Waals surface area (Å²) in [6.07, 6.45) is 1.70. The van der Waals surface area contributed by atoms with Crippen LogP contribution in [-0.2, 0) is 10.0 Å². The zero-order valence-corrected chi connectivity index (χ0v) is 14.1. The summed E-state index contributed by atoms with van der Waals surface area (Å²) in [4.78, 5) is 10.5. The number of nitrogens with one attached hydrogen (secondary N) is 1. The molecule has 0 spiro atoms. The molecule has 2 aliphatic rings. The summed E-state index contributed by atoms with van der Waals surface area (Å²) in [5.74, 6) is 0.295. The van der Waals surface area contributed by atoms with Gasteiger partial charge in [0.15, 0.2) is 4.90 Å². The molecule has 3 rings (SSSR count). The third kappa shape index (κ3) is 2.86. The fourth-order valence-corrected chi connectivity index (χ4v) is 5.23. The van der Waals surface area contributed by atoms with Crippen molar-refractivity contribution in [2.45, 2.75) is 37.6 Å². The van der Waals surface area contributed by atoms with Crippen LogP contribution in [0.25, 0.3) is 0 Å². The van der Waals surface area contributed by atoms with E-state index in [0.717, 1.165) is 24.9 Å². The molecule has 0 amide bonds. The van der Waals surface area contributed by atoms with E-state index in [4.69, 9.17) is 0 Å². The van der Waals surface area contributed by atoms with Gasteiger partial charge in [0.2, 0.25) is 10.0 Å². The molecule has 7 nitrogen and oxygen atoms in total. The number of benzene rings is 1. The second-order valence-corrected chi connectivity index (χ2v) is 8.33. The first-order valence-electron chi connectivity index (χ1n) is 7.80. The molecule has 23 heavy (non-hydrogen) atoms. The Morgan fingerprint density at radius 2 is 1.96 bits per heavy atom. The number of nitro benzene ring substituents is 1. The smallest absolute Gasteiger partial charge is 0.289 e. The zero-order valence-electron chi connectivity index (χ0n) is 13.3. The minimum atomic E-state index is -3.85. The van der Waals surface area contributed by atoms with Gasteiger partial charge in [-0.2, -0.15) is 4.31 Å². The van der Waals surface area contributed by atoms with E-state index < -0.39 is 14.9 Å². The maximum atomic E-state index is 13.0. The molecule has 1 N–H and O–H groups in total. The highest BCUT2D eigenvalue weighted by molar-refractivity contribution is 7.89. The van der Waals surface area contributed by atoms with Gasteiger partial charge in [0.25, 0.3) is 5.69 Å². The van der Waals surface area contributed by atoms with E-state index in [1.165, 1.54) is 16.4 Å². The Bertz CT molecular complexity index is 747. The summed E-state index contributed by atoms with van der Waals surface area (Å²) in [7, 11) is -3.85. The summed E-state index contributed by atoms with van der Waals surface area (Å²) in [6, 6.07) is 3.16. The Labute approximate surface area is 135 Å². The van der Waals surface area contributed by atoms with Gasteiger partial charge in [-0.3, -0.25) is 10.1 Å². The van der Waals surface area contributed by atoms with Crippen molar-refractivity contribution in [2.24, 2.45) is 5.92 Å². The van der Waals surface area contributed by atoms with Crippen LogP contribution in [0.3, 0.4) is 0 Å². The monoisotopic (exact) mass is 339 g/mol. The fourth-order valence-electron chi connectivity index (χ4n) is 3.50. The van der Waals surface area contributed by atoms with Crippen LogP contribution >= 0.6 is 0 Å². The molecule has 2 aliphatic heterocycles. The molecule has 0 saturated carbocycles. The molecule has 2 fully saturated rings. The minimum absolute atomic E-state index is 0.185. The number of sulfonamides is 1. The second kappa shape index (κ2) is 5.85. The molecule has 0 aliphatic carbocycles. The molecule has 2 unspecified atom stereocenters. The fraction of sp³-hybridized carbons (Fsp3) is 0.600. The lowest BCUT2D eigenvalue weighted by Crippen LogP contribution is -2.46. The molecule has 0 bridgehead atoms. The number of aryl methyl sites for hydroxylation is 2. The number of piperidine rings is 1. The van der Waals surface area contributed by atoms with Crippen LogP contribution in [0.15, 0.2) is 17.0 Å². The van der Waals surface area contributed by atoms with Gasteiger partial charge in [-0.25, -0.2) is 8.42 Å². The Balaban J connectivity index is 1.99. The van der Waals surface area contributed by atoms with Crippen LogP contribution in [0.2, 0.25) is 0 Å². The highest BCUT2D eigenvalue weighted by atomic mass is 32.2. The van der Waals surface area contributed by atoms with E-state index in [9.17, 15) is 18.5 Å². The first kappa shape index (κ1) is 16.4. The maximum absolute atomic E-state index is 13.0. The average molecular weight is 339 g/mol. The Morgan fingerprint density at radius 3 is 2.65 bits per heavy atom. The van der Waals surface area contributed by atoms with Gasteiger partial charge < -0.3 is 5.32 Å². The van der Waals surface area contributed by atoms with Crippen molar-refractivity contribution in [3.63, 3.8) is 0 Å². The van der Waals surface area contributed by atoms with Crippen molar-refractivity contribution >= 4 is 15.7 Å². The Morgan fingerprint density at radius 1 is 1.26 bits per heavy atom. The molecule has 1 aromatic carbocycles. The van der Waals surface area contributed by atoms with Crippen molar-refractivity contribution < 1.29 is 13.3 Å². The SMILES string of the molecule is Cc1cc([N+](=O)[O-])c(S(=O)(=O)N2CCC3NCCC3C2)cc1C. The van der Waals surface area contributed by atoms with Crippen molar-refractivity contribution in [1.29, 1.82) is 0 Å². The first-order valence-corrected chi connectivity index (χ1v) is 9.24. The van der Waals surface area contributed by atoms with Crippen molar-refractivity contribution in [1.82, 2.24) is 9.62 Å². The van der Waals surface area contributed by atoms with Crippen LogP contribution in [-0.4, -0.2) is 43.3 Å². The van der Waals surface area contributed by atoms with Crippen molar-refractivity contribution in [2.75, 3.05) is 19.6 Å². The lowest BCUT2D eigenvalue weighted by molar-refractivity contribution is -0.387. The molecule has 0 aromatic heterocycles. The van der Waals surface area contributed by atoms with Gasteiger partial charge in [0.1, 0.15) is 0 Å². The van der Waals surface area contributed by atoms with Gasteiger partial charge in [0, 0.05) is 25.2 Å². The van der Waals surface area contributed by atoms with Gasteiger partial charge >= 0.3 is 0 Å². The molecule has 1 aromatic rings. The minimum Gasteiger partial charge on any atom is -0.314 e. The number of fused-ring (bicyclic) bond motifs is 1. The predicted octanol–water partition coefficient (Wildman–Crippen LogP) is 1.58. The molecular formula is C15H21N3O4S. The summed E-state index contributed by atoms with van der Waals surface area (Å²) in [5, 5.41) is 14.7. The molecule has 2 saturated heterocycles. The van der Waals surface area contributed by atoms with Gasteiger partial charge in [-0.1, -0.05) is 0 Å². The van der Waals surface area contributed by atoms with E-state index in [2.05, 4.69) is 5.32 Å². The number of rotatable bonds is 3. The topological polar surface area (TPSA) is 92.5 Å². The summed E-state index contributed by atoms with van der Waals surface area (Å²) >= 11 is 0. The highest BCUT2D eigenvalue weighted by Gasteiger charge is 2.40. The van der Waals surface area contributed by atoms with Gasteiger partial charge in [-0.05, 0) is 56.3 Å². The van der Waals surface area contributed by atoms with Crippen LogP contribution in [0.1, 0.15) is 24.0 Å². The van der Waals surface area contributed by atoms with E-state index >= 15 is 0 Å². The molecule has 126 valence electrons. The van der Waals surface area contributed by atoms with E-state index in [1.807, 2.05) is 0 Å². The number of hydrogen-bond acceptors (Lipinski definition) is 5. The largest absolute Gasteiger partial charge is 0.314 e. The van der Waals surface area contributed by atoms with Gasteiger partial charge in [-0.15, -0.1) is 0 Å². The van der Waals surface area contributed by atoms with Crippen LogP contribution in [0.5, 0.6) is 0 Å². The Kier molecular flexibility index (Phi) is 4.16. The Hall–Kier alpha value is -1.51. The summed E-state index contributed by atoms with van der Waals surface area (Å²) < 4.78 is 27.3. The first-order chi connectivity index (χ1) is 10.8. The standard InChI is InChI=1S/C15H21N3O4S/c1-10-7-14(18(19)20)15(8-11(10)2)23(21,22)17-6-4-13-12(9-17)3-5-16-13/h7-8,12-13,16H,3-6,9H2,1-2H3. The lowest BCUT2D eigenvalue weighted by Gasteiger charge is -2.33. The van der Waals surface area contributed by atoms with Crippen molar-refractivity contribution in [3.8, 4) is 0 Å². The third-order valence-electron chi connectivity index (χ3n) is 5.01. The molecular weight excluding hydrogens is 318 g/mol. The number of nitro groups is 1. The summed E-state index contributed by atoms with van der Waals surface area (Å²) in [5.41, 5.74) is 1.13. The third-order valence-corrected chi connectivity index (χ3v) is 6.90. The molecule has 0 radical (unpaired) electrons. The number of nitrogens with zero attached hydrogens (tertiary/aromatic N) is 2. The van der Waals surface area contributed by atoms with Crippen LogP contribution in [0.4, 0.5) is 5.69 Å². The van der Waals surface area contributed by atoms with Gasteiger partial charge in [0.05, 0.1) is 4.92 Å². The second-order valence-electron chi connectivity index (χ2n) is 6.42. The van der Waals surface area contributed by atoms with E-state index in [0.29, 0.717) is 30.6 Å². The normalized spacial score (nSPS) is 25.3. The lowest BCUT2D eigenvalue weighted by atomic mass is 9.95. The predicted molar refractivity (Wildman–Crippen MR) is 85.8 cm³/mol. The van der Waals surface area contributed by atoms with Crippen LogP contribution < -0.4 is 5.32 Å². The number of hydrogen-bond donors (Lipinski definition) is 1. The van der Waals surface area contributed by atoms with E-state index in [-0.39, 0.29) is 10.6 Å². The molecule has 8 heteroatoms. The van der Waals surface area contributed by atoms with E-state index in [1.54, 1.807) is 13.8 Å².